The van der Waals surface area contributed by atoms with Gasteiger partial charge in [0.2, 0.25) is 0 Å². The molecule has 0 unspecified atom stereocenters. The lowest BCUT2D eigenvalue weighted by Gasteiger charge is -2.34. The minimum absolute atomic E-state index is 0. The van der Waals surface area contributed by atoms with E-state index in [0.29, 0.717) is 19.7 Å². The zero-order valence-corrected chi connectivity index (χ0v) is 21.1. The zero-order valence-electron chi connectivity index (χ0n) is 18.8. The van der Waals surface area contributed by atoms with Gasteiger partial charge in [-0.3, -0.25) is 4.99 Å². The van der Waals surface area contributed by atoms with E-state index in [0.717, 1.165) is 61.4 Å². The number of pyridine rings is 1. The highest BCUT2D eigenvalue weighted by atomic mass is 127. The van der Waals surface area contributed by atoms with Crippen LogP contribution in [0.15, 0.2) is 47.6 Å². The Morgan fingerprint density at radius 1 is 1.03 bits per heavy atom. The van der Waals surface area contributed by atoms with Gasteiger partial charge in [-0.1, -0.05) is 31.2 Å². The molecule has 0 amide bonds. The molecule has 2 heterocycles. The fourth-order valence-corrected chi connectivity index (χ4v) is 3.53. The van der Waals surface area contributed by atoms with Crippen LogP contribution < -0.4 is 20.3 Å². The molecule has 0 radical (unpaired) electrons. The predicted molar refractivity (Wildman–Crippen MR) is 139 cm³/mol. The van der Waals surface area contributed by atoms with Crippen molar-refractivity contribution in [3.8, 4) is 5.75 Å². The van der Waals surface area contributed by atoms with E-state index < -0.39 is 0 Å². The van der Waals surface area contributed by atoms with Crippen LogP contribution >= 0.6 is 24.0 Å². The highest BCUT2D eigenvalue weighted by Gasteiger charge is 2.16. The van der Waals surface area contributed by atoms with Gasteiger partial charge in [0.15, 0.2) is 5.96 Å². The summed E-state index contributed by atoms with van der Waals surface area (Å²) >= 11 is 0. The first-order valence-corrected chi connectivity index (χ1v) is 10.8. The number of nitrogens with one attached hydrogen (secondary N) is 2. The lowest BCUT2D eigenvalue weighted by Crippen LogP contribution is -2.46. The van der Waals surface area contributed by atoms with Crippen LogP contribution in [0.4, 0.5) is 5.82 Å². The highest BCUT2D eigenvalue weighted by Crippen LogP contribution is 2.17. The molecule has 170 valence electrons. The molecule has 0 bridgehead atoms. The quantitative estimate of drug-likeness (QED) is 0.306. The number of para-hydroxylation sites is 1. The minimum Gasteiger partial charge on any atom is -0.494 e. The first-order chi connectivity index (χ1) is 14.7. The predicted octanol–water partition coefficient (Wildman–Crippen LogP) is 3.11. The number of hydrogen-bond acceptors (Lipinski definition) is 5. The Balaban J connectivity index is 0.00000341. The summed E-state index contributed by atoms with van der Waals surface area (Å²) in [5.74, 6) is 2.72. The Hall–Kier alpha value is -2.07. The van der Waals surface area contributed by atoms with Gasteiger partial charge in [0.25, 0.3) is 0 Å². The first-order valence-electron chi connectivity index (χ1n) is 10.8. The summed E-state index contributed by atoms with van der Waals surface area (Å²) in [5, 5.41) is 6.71. The molecule has 0 spiro atoms. The molecule has 0 saturated carbocycles. The number of guanidine groups is 1. The van der Waals surface area contributed by atoms with Crippen LogP contribution in [0.1, 0.15) is 25.0 Å². The third kappa shape index (κ3) is 7.53. The van der Waals surface area contributed by atoms with E-state index in [4.69, 9.17) is 4.74 Å². The smallest absolute Gasteiger partial charge is 0.191 e. The second-order valence-electron chi connectivity index (χ2n) is 7.27. The van der Waals surface area contributed by atoms with Gasteiger partial charge in [-0.2, -0.15) is 0 Å². The van der Waals surface area contributed by atoms with Crippen molar-refractivity contribution in [2.24, 2.45) is 4.99 Å². The van der Waals surface area contributed by atoms with E-state index in [2.05, 4.69) is 55.5 Å². The van der Waals surface area contributed by atoms with E-state index in [1.54, 1.807) is 7.05 Å². The molecule has 1 saturated heterocycles. The van der Waals surface area contributed by atoms with Gasteiger partial charge in [-0.25, -0.2) is 4.98 Å². The lowest BCUT2D eigenvalue weighted by molar-refractivity contribution is 0.270. The van der Waals surface area contributed by atoms with Crippen molar-refractivity contribution in [2.75, 3.05) is 51.3 Å². The van der Waals surface area contributed by atoms with E-state index >= 15 is 0 Å². The van der Waals surface area contributed by atoms with E-state index in [1.165, 1.54) is 0 Å². The number of nitrogens with zero attached hydrogens (tertiary/aromatic N) is 4. The van der Waals surface area contributed by atoms with Gasteiger partial charge < -0.3 is 25.2 Å². The summed E-state index contributed by atoms with van der Waals surface area (Å²) in [6.07, 6.45) is 1.95. The van der Waals surface area contributed by atoms with Crippen molar-refractivity contribution in [3.63, 3.8) is 0 Å². The summed E-state index contributed by atoms with van der Waals surface area (Å²) in [4.78, 5) is 13.8. The van der Waals surface area contributed by atoms with Crippen molar-refractivity contribution in [2.45, 2.75) is 26.9 Å². The Labute approximate surface area is 203 Å². The van der Waals surface area contributed by atoms with Gasteiger partial charge in [0.1, 0.15) is 11.6 Å². The topological polar surface area (TPSA) is 65.0 Å². The van der Waals surface area contributed by atoms with Gasteiger partial charge in [-0.15, -0.1) is 24.0 Å². The molecular weight excluding hydrogens is 503 g/mol. The molecule has 0 aliphatic carbocycles. The fraction of sp³-hybridized carbons (Fsp3) is 0.478. The number of hydrogen-bond donors (Lipinski definition) is 2. The van der Waals surface area contributed by atoms with Crippen LogP contribution in [0.2, 0.25) is 0 Å². The molecule has 31 heavy (non-hydrogen) atoms. The number of aromatic nitrogens is 1. The maximum absolute atomic E-state index is 5.69. The number of anilines is 1. The summed E-state index contributed by atoms with van der Waals surface area (Å²) in [6.45, 7) is 11.6. The van der Waals surface area contributed by atoms with E-state index in [-0.39, 0.29) is 24.0 Å². The molecule has 7 nitrogen and oxygen atoms in total. The summed E-state index contributed by atoms with van der Waals surface area (Å²) in [7, 11) is 1.78. The molecule has 1 fully saturated rings. The van der Waals surface area contributed by atoms with Crippen molar-refractivity contribution >= 4 is 35.8 Å². The van der Waals surface area contributed by atoms with Gasteiger partial charge >= 0.3 is 0 Å². The molecule has 2 N–H and O–H groups in total. The molecule has 1 aromatic heterocycles. The maximum Gasteiger partial charge on any atom is 0.191 e. The second kappa shape index (κ2) is 13.4. The molecule has 1 aromatic carbocycles. The van der Waals surface area contributed by atoms with E-state index in [9.17, 15) is 0 Å². The molecule has 8 heteroatoms. The normalized spacial score (nSPS) is 14.7. The van der Waals surface area contributed by atoms with Crippen LogP contribution in [0, 0.1) is 0 Å². The largest absolute Gasteiger partial charge is 0.494 e. The monoisotopic (exact) mass is 538 g/mol. The number of likely N-dealkylation sites (N-methyl/N-ethyl adjacent to an activating group) is 1. The van der Waals surface area contributed by atoms with Crippen LogP contribution in [-0.2, 0) is 13.1 Å². The Kier molecular flexibility index (Phi) is 10.9. The Morgan fingerprint density at radius 2 is 1.77 bits per heavy atom. The molecule has 1 aliphatic rings. The van der Waals surface area contributed by atoms with E-state index in [1.807, 2.05) is 31.3 Å². The maximum atomic E-state index is 5.69. The summed E-state index contributed by atoms with van der Waals surface area (Å²) < 4.78 is 5.69. The molecule has 3 rings (SSSR count). The lowest BCUT2D eigenvalue weighted by atomic mass is 10.2. The molecular formula is C23H35IN6O. The molecule has 1 aliphatic heterocycles. The first kappa shape index (κ1) is 25.2. The van der Waals surface area contributed by atoms with Crippen molar-refractivity contribution in [1.82, 2.24) is 20.5 Å². The number of rotatable bonds is 8. The minimum atomic E-state index is 0. The molecule has 0 atom stereocenters. The molecule has 2 aromatic rings. The number of halogens is 1. The Bertz CT molecular complexity index is 806. The number of piperazine rings is 1. The van der Waals surface area contributed by atoms with Crippen LogP contribution in [0.25, 0.3) is 0 Å². The Morgan fingerprint density at radius 3 is 2.42 bits per heavy atom. The highest BCUT2D eigenvalue weighted by molar-refractivity contribution is 14.0. The van der Waals surface area contributed by atoms with Gasteiger partial charge in [0, 0.05) is 58.1 Å². The van der Waals surface area contributed by atoms with Gasteiger partial charge in [0.05, 0.1) is 6.61 Å². The number of ether oxygens (including phenoxy) is 1. The van der Waals surface area contributed by atoms with Crippen LogP contribution in [-0.4, -0.2) is 62.2 Å². The standard InChI is InChI=1S/C23H34N6O.HI/c1-4-28-12-14-29(15-13-28)22-11-10-19(16-25-22)17-26-23(24-3)27-18-20-8-6-7-9-21(20)30-5-2;/h6-11,16H,4-5,12-15,17-18H2,1-3H3,(H2,24,26,27);1H. The fourth-order valence-electron chi connectivity index (χ4n) is 3.53. The van der Waals surface area contributed by atoms with Crippen molar-refractivity contribution < 1.29 is 4.74 Å². The number of benzene rings is 1. The third-order valence-corrected chi connectivity index (χ3v) is 5.35. The second-order valence-corrected chi connectivity index (χ2v) is 7.27. The SMILES string of the molecule is CCOc1ccccc1CNC(=NC)NCc1ccc(N2CCN(CC)CC2)nc1.I. The number of aliphatic imine (C=N–C) groups is 1. The average Bonchev–Trinajstić information content (AvgIpc) is 2.81. The van der Waals surface area contributed by atoms with Crippen LogP contribution in [0.5, 0.6) is 5.75 Å². The van der Waals surface area contributed by atoms with Crippen LogP contribution in [0.3, 0.4) is 0 Å². The summed E-state index contributed by atoms with van der Waals surface area (Å²) in [5.41, 5.74) is 2.24. The van der Waals surface area contributed by atoms with Crippen molar-refractivity contribution in [1.29, 1.82) is 0 Å². The average molecular weight is 538 g/mol. The summed E-state index contributed by atoms with van der Waals surface area (Å²) in [6, 6.07) is 12.3. The van der Waals surface area contributed by atoms with Gasteiger partial charge in [-0.05, 0) is 31.2 Å². The third-order valence-electron chi connectivity index (χ3n) is 5.35. The van der Waals surface area contributed by atoms with Crippen molar-refractivity contribution in [3.05, 3.63) is 53.7 Å². The zero-order chi connectivity index (χ0) is 21.2.